The van der Waals surface area contributed by atoms with Gasteiger partial charge in [0.05, 0.1) is 5.92 Å². The Morgan fingerprint density at radius 3 is 2.53 bits per heavy atom. The van der Waals surface area contributed by atoms with Gasteiger partial charge in [-0.2, -0.15) is 0 Å². The van der Waals surface area contributed by atoms with Gasteiger partial charge in [0.15, 0.2) is 0 Å². The molecule has 17 heavy (non-hydrogen) atoms. The number of likely N-dealkylation sites (tertiary alicyclic amines) is 1. The Kier molecular flexibility index (Phi) is 3.38. The van der Waals surface area contributed by atoms with E-state index in [1.54, 1.807) is 4.90 Å². The molecule has 0 aromatic rings. The smallest absolute Gasteiger partial charge is 0.307 e. The Morgan fingerprint density at radius 1 is 1.41 bits per heavy atom. The minimum Gasteiger partial charge on any atom is -0.481 e. The Bertz CT molecular complexity index is 320. The van der Waals surface area contributed by atoms with Crippen molar-refractivity contribution in [1.29, 1.82) is 0 Å². The molecule has 2 fully saturated rings. The summed E-state index contributed by atoms with van der Waals surface area (Å²) < 4.78 is 5.09. The van der Waals surface area contributed by atoms with E-state index in [1.165, 1.54) is 0 Å². The molecule has 1 aliphatic heterocycles. The average Bonchev–Trinajstić information content (AvgIpc) is 3.01. The predicted octanol–water partition coefficient (Wildman–Crippen LogP) is 0.736. The monoisotopic (exact) mass is 241 g/mol. The molecule has 5 heteroatoms. The highest BCUT2D eigenvalue weighted by Gasteiger charge is 2.59. The van der Waals surface area contributed by atoms with Crippen LogP contribution in [0.15, 0.2) is 0 Å². The molecule has 1 N–H and O–H groups in total. The number of amides is 1. The number of nitrogens with zero attached hydrogens (tertiary/aromatic N) is 1. The van der Waals surface area contributed by atoms with E-state index in [0.717, 1.165) is 19.3 Å². The van der Waals surface area contributed by atoms with Gasteiger partial charge in [0.25, 0.3) is 0 Å². The molecule has 0 aromatic heterocycles. The first-order chi connectivity index (χ1) is 8.09. The number of rotatable bonds is 4. The van der Waals surface area contributed by atoms with Crippen molar-refractivity contribution in [2.75, 3.05) is 26.3 Å². The summed E-state index contributed by atoms with van der Waals surface area (Å²) in [5.74, 6) is -0.833. The van der Waals surface area contributed by atoms with Crippen LogP contribution < -0.4 is 0 Å². The molecule has 1 spiro atoms. The molecule has 2 aliphatic rings. The second-order valence-electron chi connectivity index (χ2n) is 4.98. The summed E-state index contributed by atoms with van der Waals surface area (Å²) in [6, 6.07) is 0. The number of aliphatic carboxylic acids is 1. The van der Waals surface area contributed by atoms with Crippen molar-refractivity contribution in [1.82, 2.24) is 4.90 Å². The lowest BCUT2D eigenvalue weighted by Gasteiger charge is -2.32. The maximum atomic E-state index is 11.7. The first-order valence-electron chi connectivity index (χ1n) is 6.17. The first kappa shape index (κ1) is 12.4. The molecular weight excluding hydrogens is 222 g/mol. The molecule has 96 valence electrons. The van der Waals surface area contributed by atoms with E-state index in [-0.39, 0.29) is 23.8 Å². The van der Waals surface area contributed by atoms with E-state index in [2.05, 4.69) is 0 Å². The predicted molar refractivity (Wildman–Crippen MR) is 60.5 cm³/mol. The van der Waals surface area contributed by atoms with Crippen molar-refractivity contribution < 1.29 is 19.4 Å². The topological polar surface area (TPSA) is 66.8 Å². The van der Waals surface area contributed by atoms with Gasteiger partial charge in [0, 0.05) is 19.7 Å². The van der Waals surface area contributed by atoms with Crippen LogP contribution in [0, 0.1) is 11.3 Å². The lowest BCUT2D eigenvalue weighted by Crippen LogP contribution is -2.41. The molecule has 1 unspecified atom stereocenters. The molecule has 1 saturated heterocycles. The minimum absolute atomic E-state index is 0.00573. The lowest BCUT2D eigenvalue weighted by molar-refractivity contribution is -0.140. The first-order valence-corrected chi connectivity index (χ1v) is 6.17. The summed E-state index contributed by atoms with van der Waals surface area (Å²) in [7, 11) is 0. The number of carboxylic acids is 1. The van der Waals surface area contributed by atoms with Crippen molar-refractivity contribution in [2.45, 2.75) is 26.2 Å². The van der Waals surface area contributed by atoms with E-state index in [1.807, 2.05) is 6.92 Å². The highest BCUT2D eigenvalue weighted by Crippen LogP contribution is 2.59. The van der Waals surface area contributed by atoms with Crippen LogP contribution in [0.25, 0.3) is 0 Å². The number of piperidine rings is 1. The zero-order valence-electron chi connectivity index (χ0n) is 10.1. The number of carbonyl (C=O) groups excluding carboxylic acids is 1. The minimum atomic E-state index is -0.681. The van der Waals surface area contributed by atoms with Crippen LogP contribution in [0.2, 0.25) is 0 Å². The summed E-state index contributed by atoms with van der Waals surface area (Å²) in [4.78, 5) is 24.4. The second kappa shape index (κ2) is 4.64. The molecule has 1 heterocycles. The molecule has 1 amide bonds. The fourth-order valence-electron chi connectivity index (χ4n) is 2.73. The lowest BCUT2D eigenvalue weighted by atomic mass is 9.91. The fraction of sp³-hybridized carbons (Fsp3) is 0.833. The number of ether oxygens (including phenoxy) is 1. The molecule has 2 rings (SSSR count). The molecule has 1 aliphatic carbocycles. The van der Waals surface area contributed by atoms with Gasteiger partial charge >= 0.3 is 5.97 Å². The molecule has 1 atom stereocenters. The van der Waals surface area contributed by atoms with Crippen LogP contribution in [0.3, 0.4) is 0 Å². The third-order valence-corrected chi connectivity index (χ3v) is 4.03. The van der Waals surface area contributed by atoms with Crippen LogP contribution in [-0.4, -0.2) is 48.2 Å². The third-order valence-electron chi connectivity index (χ3n) is 4.03. The molecular formula is C12H19NO4. The maximum absolute atomic E-state index is 11.7. The number of carboxylic acid groups (broad SMARTS) is 1. The van der Waals surface area contributed by atoms with Gasteiger partial charge in [0.1, 0.15) is 6.61 Å². The SMILES string of the molecule is CCOCC(=O)N1CCC2(CC1)CC2C(=O)O. The zero-order valence-corrected chi connectivity index (χ0v) is 10.1. The summed E-state index contributed by atoms with van der Waals surface area (Å²) in [6.45, 7) is 3.90. The largest absolute Gasteiger partial charge is 0.481 e. The quantitative estimate of drug-likeness (QED) is 0.788. The van der Waals surface area contributed by atoms with Gasteiger partial charge in [-0.3, -0.25) is 9.59 Å². The van der Waals surface area contributed by atoms with Crippen molar-refractivity contribution in [3.63, 3.8) is 0 Å². The standard InChI is InChI=1S/C12H19NO4/c1-2-17-8-10(14)13-5-3-12(4-6-13)7-9(12)11(15)16/h9H,2-8H2,1H3,(H,15,16). The van der Waals surface area contributed by atoms with Gasteiger partial charge in [-0.15, -0.1) is 0 Å². The van der Waals surface area contributed by atoms with Gasteiger partial charge < -0.3 is 14.7 Å². The van der Waals surface area contributed by atoms with Crippen LogP contribution in [0.5, 0.6) is 0 Å². The number of hydrogen-bond acceptors (Lipinski definition) is 3. The molecule has 0 radical (unpaired) electrons. The summed E-state index contributed by atoms with van der Waals surface area (Å²) in [5, 5.41) is 8.96. The van der Waals surface area contributed by atoms with Gasteiger partial charge in [-0.25, -0.2) is 0 Å². The fourth-order valence-corrected chi connectivity index (χ4v) is 2.73. The average molecular weight is 241 g/mol. The van der Waals surface area contributed by atoms with Crippen molar-refractivity contribution >= 4 is 11.9 Å². The van der Waals surface area contributed by atoms with E-state index < -0.39 is 5.97 Å². The Morgan fingerprint density at radius 2 is 2.06 bits per heavy atom. The van der Waals surface area contributed by atoms with Crippen molar-refractivity contribution in [3.05, 3.63) is 0 Å². The maximum Gasteiger partial charge on any atom is 0.307 e. The summed E-state index contributed by atoms with van der Waals surface area (Å²) >= 11 is 0. The van der Waals surface area contributed by atoms with Gasteiger partial charge in [-0.1, -0.05) is 0 Å². The normalized spacial score (nSPS) is 25.9. The van der Waals surface area contributed by atoms with E-state index in [9.17, 15) is 9.59 Å². The Labute approximate surface area is 101 Å². The Balaban J connectivity index is 1.79. The van der Waals surface area contributed by atoms with Crippen LogP contribution in [0.4, 0.5) is 0 Å². The molecule has 1 saturated carbocycles. The van der Waals surface area contributed by atoms with E-state index >= 15 is 0 Å². The van der Waals surface area contributed by atoms with Crippen LogP contribution in [-0.2, 0) is 14.3 Å². The number of hydrogen-bond donors (Lipinski definition) is 1. The second-order valence-corrected chi connectivity index (χ2v) is 4.98. The molecule has 5 nitrogen and oxygen atoms in total. The molecule has 0 bridgehead atoms. The van der Waals surface area contributed by atoms with E-state index in [0.29, 0.717) is 19.7 Å². The van der Waals surface area contributed by atoms with Crippen LogP contribution in [0.1, 0.15) is 26.2 Å². The van der Waals surface area contributed by atoms with Gasteiger partial charge in [0.2, 0.25) is 5.91 Å². The Hall–Kier alpha value is -1.10. The van der Waals surface area contributed by atoms with Gasteiger partial charge in [-0.05, 0) is 31.6 Å². The van der Waals surface area contributed by atoms with Crippen molar-refractivity contribution in [3.8, 4) is 0 Å². The van der Waals surface area contributed by atoms with Crippen molar-refractivity contribution in [2.24, 2.45) is 11.3 Å². The van der Waals surface area contributed by atoms with Crippen LogP contribution >= 0.6 is 0 Å². The summed E-state index contributed by atoms with van der Waals surface area (Å²) in [6.07, 6.45) is 2.43. The molecule has 0 aromatic carbocycles. The zero-order chi connectivity index (χ0) is 12.5. The summed E-state index contributed by atoms with van der Waals surface area (Å²) in [5.41, 5.74) is -0.00573. The highest BCUT2D eigenvalue weighted by molar-refractivity contribution is 5.78. The highest BCUT2D eigenvalue weighted by atomic mass is 16.5. The van der Waals surface area contributed by atoms with E-state index in [4.69, 9.17) is 9.84 Å². The number of carbonyl (C=O) groups is 2. The third kappa shape index (κ3) is 2.44.